The van der Waals surface area contributed by atoms with Gasteiger partial charge < -0.3 is 26.0 Å². The van der Waals surface area contributed by atoms with Gasteiger partial charge in [0.25, 0.3) is 5.91 Å². The van der Waals surface area contributed by atoms with E-state index >= 15 is 0 Å². The van der Waals surface area contributed by atoms with Crippen LogP contribution in [0.3, 0.4) is 0 Å². The topological polar surface area (TPSA) is 151 Å². The molecule has 1 atom stereocenters. The molecule has 0 saturated carbocycles. The second kappa shape index (κ2) is 12.9. The van der Waals surface area contributed by atoms with Crippen LogP contribution in [-0.2, 0) is 4.79 Å². The van der Waals surface area contributed by atoms with Crippen molar-refractivity contribution in [1.29, 1.82) is 5.41 Å². The van der Waals surface area contributed by atoms with Gasteiger partial charge in [-0.2, -0.15) is 13.2 Å². The Morgan fingerprint density at radius 1 is 1.30 bits per heavy atom. The number of aromatic nitrogens is 3. The number of nitrogens with two attached hydrogens (primary N) is 1. The number of nitrogens with one attached hydrogen (secondary N) is 3. The number of ether oxygens (including phenoxy) is 1. The number of nitrogens with zero attached hydrogens (tertiary/aromatic N) is 4. The van der Waals surface area contributed by atoms with Gasteiger partial charge in [-0.1, -0.05) is 18.5 Å². The van der Waals surface area contributed by atoms with Crippen LogP contribution in [0, 0.1) is 5.41 Å². The summed E-state index contributed by atoms with van der Waals surface area (Å²) < 4.78 is 46.7. The third-order valence-electron chi connectivity index (χ3n) is 7.02. The van der Waals surface area contributed by atoms with E-state index < -0.39 is 23.6 Å². The molecule has 1 saturated heterocycles. The molecule has 0 bridgehead atoms. The molecule has 2 aromatic heterocycles. The Kier molecular flexibility index (Phi) is 9.48. The van der Waals surface area contributed by atoms with Crippen LogP contribution < -0.4 is 21.1 Å². The molecule has 1 fully saturated rings. The smallest absolute Gasteiger partial charge is 0.431 e. The van der Waals surface area contributed by atoms with Crippen molar-refractivity contribution in [2.45, 2.75) is 45.2 Å². The van der Waals surface area contributed by atoms with Crippen LogP contribution in [0.25, 0.3) is 16.8 Å². The highest BCUT2D eigenvalue weighted by molar-refractivity contribution is 6.30. The fraction of sp³-hybridized carbons (Fsp3) is 0.393. The van der Waals surface area contributed by atoms with Crippen molar-refractivity contribution < 1.29 is 27.5 Å². The van der Waals surface area contributed by atoms with Gasteiger partial charge in [0.2, 0.25) is 5.91 Å². The zero-order valence-electron chi connectivity index (χ0n) is 23.8. The summed E-state index contributed by atoms with van der Waals surface area (Å²) in [7, 11) is 1.07. The van der Waals surface area contributed by atoms with Crippen LogP contribution >= 0.6 is 11.6 Å². The molecule has 3 aromatic rings. The fourth-order valence-corrected chi connectivity index (χ4v) is 5.26. The van der Waals surface area contributed by atoms with E-state index in [1.165, 1.54) is 18.3 Å². The van der Waals surface area contributed by atoms with Gasteiger partial charge in [0.15, 0.2) is 0 Å². The van der Waals surface area contributed by atoms with E-state index in [0.29, 0.717) is 48.2 Å². The first-order valence-electron chi connectivity index (χ1n) is 13.6. The zero-order chi connectivity index (χ0) is 31.5. The lowest BCUT2D eigenvalue weighted by molar-refractivity contribution is -0.132. The molecule has 1 aromatic carbocycles. The van der Waals surface area contributed by atoms with Crippen molar-refractivity contribution in [2.75, 3.05) is 32.5 Å². The molecular weight excluding hydrogens is 589 g/mol. The number of likely N-dealkylation sites (tertiary alicyclic amines) is 1. The van der Waals surface area contributed by atoms with Crippen molar-refractivity contribution in [1.82, 2.24) is 29.9 Å². The number of amidine groups is 1. The summed E-state index contributed by atoms with van der Waals surface area (Å²) in [6.07, 6.45) is -0.862. The van der Waals surface area contributed by atoms with Crippen molar-refractivity contribution in [3.05, 3.63) is 52.7 Å². The summed E-state index contributed by atoms with van der Waals surface area (Å²) in [6, 6.07) is 4.43. The van der Waals surface area contributed by atoms with E-state index in [9.17, 15) is 22.8 Å². The number of allylic oxidation sites excluding steroid dienone is 1. The van der Waals surface area contributed by atoms with Crippen LogP contribution in [0.15, 0.2) is 36.2 Å². The second-order valence-corrected chi connectivity index (χ2v) is 10.2. The quantitative estimate of drug-likeness (QED) is 0.214. The zero-order valence-corrected chi connectivity index (χ0v) is 24.6. The number of amides is 2. The van der Waals surface area contributed by atoms with Gasteiger partial charge in [0, 0.05) is 49.7 Å². The predicted molar refractivity (Wildman–Crippen MR) is 156 cm³/mol. The molecular formula is C28H32ClF3N8O3. The summed E-state index contributed by atoms with van der Waals surface area (Å²) in [4.78, 5) is 36.3. The van der Waals surface area contributed by atoms with Gasteiger partial charge in [0.1, 0.15) is 45.3 Å². The number of piperidine rings is 1. The monoisotopic (exact) mass is 620 g/mol. The van der Waals surface area contributed by atoms with E-state index in [0.717, 1.165) is 19.9 Å². The number of hydrogen-bond acceptors (Lipinski definition) is 8. The van der Waals surface area contributed by atoms with Crippen LogP contribution in [0.5, 0.6) is 5.75 Å². The van der Waals surface area contributed by atoms with E-state index in [1.807, 2.05) is 17.1 Å². The predicted octanol–water partition coefficient (Wildman–Crippen LogP) is 4.52. The molecule has 0 aliphatic carbocycles. The highest BCUT2D eigenvalue weighted by atomic mass is 35.5. The summed E-state index contributed by atoms with van der Waals surface area (Å²) in [5.74, 6) is -0.639. The first kappa shape index (κ1) is 31.6. The molecule has 230 valence electrons. The molecule has 4 rings (SSSR count). The Hall–Kier alpha value is -4.33. The first-order valence-corrected chi connectivity index (χ1v) is 14.0. The third-order valence-corrected chi connectivity index (χ3v) is 7.29. The van der Waals surface area contributed by atoms with Crippen molar-refractivity contribution >= 4 is 40.6 Å². The molecule has 11 nitrogen and oxygen atoms in total. The summed E-state index contributed by atoms with van der Waals surface area (Å²) >= 11 is 6.61. The van der Waals surface area contributed by atoms with Crippen LogP contribution in [0.1, 0.15) is 55.2 Å². The summed E-state index contributed by atoms with van der Waals surface area (Å²) in [5.41, 5.74) is 6.48. The highest BCUT2D eigenvalue weighted by Crippen LogP contribution is 2.39. The van der Waals surface area contributed by atoms with Gasteiger partial charge in [-0.3, -0.25) is 19.4 Å². The number of alkyl halides is 3. The van der Waals surface area contributed by atoms with E-state index in [4.69, 9.17) is 32.5 Å². The lowest BCUT2D eigenvalue weighted by Crippen LogP contribution is -2.39. The van der Waals surface area contributed by atoms with Gasteiger partial charge >= 0.3 is 6.18 Å². The van der Waals surface area contributed by atoms with E-state index in [-0.39, 0.29) is 40.7 Å². The Bertz CT molecular complexity index is 1590. The number of anilines is 1. The maximum absolute atomic E-state index is 13.0. The highest BCUT2D eigenvalue weighted by Gasteiger charge is 2.34. The molecule has 1 aliphatic heterocycles. The third kappa shape index (κ3) is 6.69. The van der Waals surface area contributed by atoms with Gasteiger partial charge in [-0.15, -0.1) is 0 Å². The Labute approximate surface area is 250 Å². The largest absolute Gasteiger partial charge is 0.493 e. The molecule has 2 amide bonds. The standard InChI is InChI=1S/C28H32ClF3N8O3/c1-4-22(41)39-10-6-7-16(14-39)26-38-23(24-25(34)36-13-20(29)40(24)26)17-9-8-15(11-18(17)43-5-2)27(42)37-21(33)12-19(35-3)28(30,31)32/h8-9,11-13,16,35H,4-7,10,14H2,1-3H3,(H2,34,36)(H2,33,37,42)/b19-12-. The number of carbonyl (C=O) groups is 2. The molecule has 15 heteroatoms. The Morgan fingerprint density at radius 3 is 2.70 bits per heavy atom. The molecule has 43 heavy (non-hydrogen) atoms. The first-order chi connectivity index (χ1) is 20.4. The SMILES string of the molecule is CCOc1cc(C(=O)NC(=N)/C=C(\NC)C(F)(F)F)ccc1-c1nc(C2CCCN(C(=O)CC)C2)n2c(Cl)cnc(N)c12. The number of rotatable bonds is 8. The number of fused-ring (bicyclic) bond motifs is 1. The number of carbonyl (C=O) groups excluding carboxylic acids is 2. The van der Waals surface area contributed by atoms with Crippen LogP contribution in [0.2, 0.25) is 5.15 Å². The van der Waals surface area contributed by atoms with Gasteiger partial charge in [0.05, 0.1) is 12.8 Å². The van der Waals surface area contributed by atoms with Gasteiger partial charge in [-0.05, 0) is 38.0 Å². The minimum absolute atomic E-state index is 0.0391. The number of nitrogen functional groups attached to an aromatic ring is 1. The molecule has 1 aliphatic rings. The van der Waals surface area contributed by atoms with Gasteiger partial charge in [-0.25, -0.2) is 9.97 Å². The maximum Gasteiger partial charge on any atom is 0.431 e. The summed E-state index contributed by atoms with van der Waals surface area (Å²) in [5, 5.41) is 12.2. The minimum atomic E-state index is -4.72. The normalized spacial score (nSPS) is 15.8. The summed E-state index contributed by atoms with van der Waals surface area (Å²) in [6.45, 7) is 4.91. The fourth-order valence-electron chi connectivity index (χ4n) is 5.04. The van der Waals surface area contributed by atoms with Crippen molar-refractivity contribution in [2.24, 2.45) is 0 Å². The lowest BCUT2D eigenvalue weighted by Gasteiger charge is -2.32. The maximum atomic E-state index is 13.0. The lowest BCUT2D eigenvalue weighted by atomic mass is 9.97. The molecule has 3 heterocycles. The number of benzene rings is 1. The van der Waals surface area contributed by atoms with Crippen LogP contribution in [-0.4, -0.2) is 69.8 Å². The minimum Gasteiger partial charge on any atom is -0.493 e. The Balaban J connectivity index is 1.75. The number of hydrogen-bond donors (Lipinski definition) is 4. The number of halogens is 4. The molecule has 0 radical (unpaired) electrons. The van der Waals surface area contributed by atoms with Crippen molar-refractivity contribution in [3.63, 3.8) is 0 Å². The average Bonchev–Trinajstić information content (AvgIpc) is 3.39. The van der Waals surface area contributed by atoms with E-state index in [1.54, 1.807) is 17.4 Å². The average molecular weight is 621 g/mol. The Morgan fingerprint density at radius 2 is 2.05 bits per heavy atom. The van der Waals surface area contributed by atoms with Crippen LogP contribution in [0.4, 0.5) is 19.0 Å². The number of imidazole rings is 1. The molecule has 0 spiro atoms. The van der Waals surface area contributed by atoms with E-state index in [2.05, 4.69) is 10.3 Å². The molecule has 5 N–H and O–H groups in total. The van der Waals surface area contributed by atoms with Crippen molar-refractivity contribution in [3.8, 4) is 17.0 Å². The molecule has 1 unspecified atom stereocenters. The second-order valence-electron chi connectivity index (χ2n) is 9.82.